The van der Waals surface area contributed by atoms with E-state index in [9.17, 15) is 4.79 Å². The molecule has 0 N–H and O–H groups in total. The molecule has 0 saturated heterocycles. The van der Waals surface area contributed by atoms with Crippen molar-refractivity contribution >= 4 is 28.9 Å². The number of hydrogen-bond donors (Lipinski definition) is 0. The highest BCUT2D eigenvalue weighted by molar-refractivity contribution is 7.15. The molecule has 0 aliphatic carbocycles. The van der Waals surface area contributed by atoms with Crippen LogP contribution in [0.2, 0.25) is 4.47 Å². The molecule has 0 aliphatic rings. The third-order valence-corrected chi connectivity index (χ3v) is 3.00. The molecule has 16 heavy (non-hydrogen) atoms. The van der Waals surface area contributed by atoms with Gasteiger partial charge in [-0.25, -0.2) is 0 Å². The summed E-state index contributed by atoms with van der Waals surface area (Å²) in [6.45, 7) is 1.51. The molecule has 1 rings (SSSR count). The Morgan fingerprint density at radius 2 is 2.31 bits per heavy atom. The third-order valence-electron chi connectivity index (χ3n) is 2.00. The fourth-order valence-electron chi connectivity index (χ4n) is 1.20. The molecule has 0 aliphatic heterocycles. The number of hydrogen-bond acceptors (Lipinski definition) is 6. The van der Waals surface area contributed by atoms with Crippen molar-refractivity contribution in [2.75, 3.05) is 20.7 Å². The molecule has 0 bridgehead atoms. The maximum absolute atomic E-state index is 10.9. The Bertz CT molecular complexity index is 345. The van der Waals surface area contributed by atoms with Crippen molar-refractivity contribution in [1.82, 2.24) is 15.1 Å². The number of nitrogens with zero attached hydrogens (tertiary/aromatic N) is 3. The zero-order valence-electron chi connectivity index (χ0n) is 9.27. The lowest BCUT2D eigenvalue weighted by Crippen LogP contribution is -2.20. The van der Waals surface area contributed by atoms with Gasteiger partial charge in [-0.2, -0.15) is 0 Å². The standard InChI is InChI=1S/C9H14ClN3O2S/c1-13(5-3-4-8(14)15-2)6-7-11-12-9(10)16-7/h3-6H2,1-2H3. The number of aromatic nitrogens is 2. The van der Waals surface area contributed by atoms with E-state index in [1.54, 1.807) is 0 Å². The molecule has 0 spiro atoms. The first-order valence-corrected chi connectivity index (χ1v) is 6.04. The minimum Gasteiger partial charge on any atom is -0.469 e. The molecule has 0 unspecified atom stereocenters. The number of methoxy groups -OCH3 is 1. The van der Waals surface area contributed by atoms with Crippen LogP contribution in [0.1, 0.15) is 17.8 Å². The number of ether oxygens (including phenoxy) is 1. The molecule has 1 aromatic rings. The van der Waals surface area contributed by atoms with Gasteiger partial charge in [0, 0.05) is 6.42 Å². The minimum atomic E-state index is -0.174. The van der Waals surface area contributed by atoms with Gasteiger partial charge in [-0.1, -0.05) is 11.3 Å². The lowest BCUT2D eigenvalue weighted by atomic mass is 10.3. The molecule has 5 nitrogen and oxygen atoms in total. The summed E-state index contributed by atoms with van der Waals surface area (Å²) in [5, 5.41) is 8.52. The van der Waals surface area contributed by atoms with E-state index >= 15 is 0 Å². The van der Waals surface area contributed by atoms with Gasteiger partial charge in [0.15, 0.2) is 0 Å². The van der Waals surface area contributed by atoms with Gasteiger partial charge in [0.25, 0.3) is 0 Å². The van der Waals surface area contributed by atoms with Crippen molar-refractivity contribution < 1.29 is 9.53 Å². The topological polar surface area (TPSA) is 55.3 Å². The van der Waals surface area contributed by atoms with E-state index in [0.29, 0.717) is 17.4 Å². The maximum atomic E-state index is 10.9. The second-order valence-electron chi connectivity index (χ2n) is 3.37. The van der Waals surface area contributed by atoms with Crippen LogP contribution in [0.5, 0.6) is 0 Å². The maximum Gasteiger partial charge on any atom is 0.305 e. The first kappa shape index (κ1) is 13.3. The summed E-state index contributed by atoms with van der Waals surface area (Å²) in [7, 11) is 3.36. The number of rotatable bonds is 6. The van der Waals surface area contributed by atoms with Crippen LogP contribution >= 0.6 is 22.9 Å². The zero-order valence-corrected chi connectivity index (χ0v) is 10.8. The summed E-state index contributed by atoms with van der Waals surface area (Å²) in [4.78, 5) is 12.9. The van der Waals surface area contributed by atoms with E-state index in [0.717, 1.165) is 18.0 Å². The van der Waals surface area contributed by atoms with Crippen LogP contribution in [0.4, 0.5) is 0 Å². The smallest absolute Gasteiger partial charge is 0.305 e. The summed E-state index contributed by atoms with van der Waals surface area (Å²) < 4.78 is 5.01. The molecule has 1 aromatic heterocycles. The molecule has 0 atom stereocenters. The van der Waals surface area contributed by atoms with E-state index in [1.165, 1.54) is 18.4 Å². The van der Waals surface area contributed by atoms with Crippen LogP contribution in [-0.4, -0.2) is 41.8 Å². The number of carbonyl (C=O) groups is 1. The van der Waals surface area contributed by atoms with Crippen LogP contribution in [0.15, 0.2) is 0 Å². The van der Waals surface area contributed by atoms with Crippen molar-refractivity contribution in [3.8, 4) is 0 Å². The second kappa shape index (κ2) is 6.78. The van der Waals surface area contributed by atoms with Crippen LogP contribution < -0.4 is 0 Å². The van der Waals surface area contributed by atoms with Gasteiger partial charge in [0.1, 0.15) is 5.01 Å². The number of halogens is 1. The third kappa shape index (κ3) is 4.87. The summed E-state index contributed by atoms with van der Waals surface area (Å²) in [6, 6.07) is 0. The molecule has 0 saturated carbocycles. The monoisotopic (exact) mass is 263 g/mol. The molecule has 0 aromatic carbocycles. The van der Waals surface area contributed by atoms with Gasteiger partial charge in [-0.15, -0.1) is 10.2 Å². The fraction of sp³-hybridized carbons (Fsp3) is 0.667. The van der Waals surface area contributed by atoms with Crippen LogP contribution in [-0.2, 0) is 16.1 Å². The summed E-state index contributed by atoms with van der Waals surface area (Å²) >= 11 is 7.04. The summed E-state index contributed by atoms with van der Waals surface area (Å²) in [5.41, 5.74) is 0. The van der Waals surface area contributed by atoms with Crippen molar-refractivity contribution in [2.24, 2.45) is 0 Å². The second-order valence-corrected chi connectivity index (χ2v) is 5.01. The SMILES string of the molecule is COC(=O)CCCN(C)Cc1nnc(Cl)s1. The van der Waals surface area contributed by atoms with E-state index in [2.05, 4.69) is 19.8 Å². The Hall–Kier alpha value is -0.720. The first-order valence-electron chi connectivity index (χ1n) is 4.85. The first-order chi connectivity index (χ1) is 7.61. The van der Waals surface area contributed by atoms with Gasteiger partial charge in [-0.3, -0.25) is 9.69 Å². The Labute approximate surface area is 103 Å². The molecular weight excluding hydrogens is 250 g/mol. The van der Waals surface area contributed by atoms with Crippen molar-refractivity contribution in [3.05, 3.63) is 9.47 Å². The van der Waals surface area contributed by atoms with E-state index in [1.807, 2.05) is 7.05 Å². The van der Waals surface area contributed by atoms with E-state index in [4.69, 9.17) is 11.6 Å². The minimum absolute atomic E-state index is 0.174. The largest absolute Gasteiger partial charge is 0.469 e. The highest BCUT2D eigenvalue weighted by atomic mass is 35.5. The lowest BCUT2D eigenvalue weighted by Gasteiger charge is -2.13. The Balaban J connectivity index is 2.20. The van der Waals surface area contributed by atoms with Crippen molar-refractivity contribution in [1.29, 1.82) is 0 Å². The average Bonchev–Trinajstić information content (AvgIpc) is 2.63. The van der Waals surface area contributed by atoms with Crippen molar-refractivity contribution in [3.63, 3.8) is 0 Å². The Morgan fingerprint density at radius 1 is 1.56 bits per heavy atom. The quantitative estimate of drug-likeness (QED) is 0.730. The average molecular weight is 264 g/mol. The lowest BCUT2D eigenvalue weighted by molar-refractivity contribution is -0.140. The molecule has 1 heterocycles. The van der Waals surface area contributed by atoms with Crippen molar-refractivity contribution in [2.45, 2.75) is 19.4 Å². The summed E-state index contributed by atoms with van der Waals surface area (Å²) in [6.07, 6.45) is 1.22. The Morgan fingerprint density at radius 3 is 2.88 bits per heavy atom. The Kier molecular flexibility index (Phi) is 5.65. The molecule has 7 heteroatoms. The van der Waals surface area contributed by atoms with Gasteiger partial charge < -0.3 is 4.74 Å². The summed E-state index contributed by atoms with van der Waals surface area (Å²) in [5.74, 6) is -0.174. The van der Waals surface area contributed by atoms with Crippen LogP contribution in [0.25, 0.3) is 0 Å². The molecule has 0 amide bonds. The number of esters is 1. The molecule has 90 valence electrons. The van der Waals surface area contributed by atoms with E-state index in [-0.39, 0.29) is 5.97 Å². The number of carbonyl (C=O) groups excluding carboxylic acids is 1. The molecule has 0 radical (unpaired) electrons. The van der Waals surface area contributed by atoms with Gasteiger partial charge in [0.05, 0.1) is 13.7 Å². The molecule has 0 fully saturated rings. The van der Waals surface area contributed by atoms with Gasteiger partial charge in [-0.05, 0) is 31.6 Å². The predicted octanol–water partition coefficient (Wildman–Crippen LogP) is 1.58. The predicted molar refractivity (Wildman–Crippen MR) is 62.5 cm³/mol. The van der Waals surface area contributed by atoms with Gasteiger partial charge in [0.2, 0.25) is 4.47 Å². The van der Waals surface area contributed by atoms with Crippen LogP contribution in [0, 0.1) is 0 Å². The zero-order chi connectivity index (χ0) is 12.0. The highest BCUT2D eigenvalue weighted by Crippen LogP contribution is 2.16. The molecular formula is C9H14ClN3O2S. The normalized spacial score (nSPS) is 10.8. The van der Waals surface area contributed by atoms with Crippen LogP contribution in [0.3, 0.4) is 0 Å². The fourth-order valence-corrected chi connectivity index (χ4v) is 2.15. The highest BCUT2D eigenvalue weighted by Gasteiger charge is 2.07. The van der Waals surface area contributed by atoms with E-state index < -0.39 is 0 Å². The van der Waals surface area contributed by atoms with Gasteiger partial charge >= 0.3 is 5.97 Å².